The first-order valence-corrected chi connectivity index (χ1v) is 5.36. The molecule has 78 valence electrons. The average molecular weight is 186 g/mol. The van der Waals surface area contributed by atoms with Crippen molar-refractivity contribution < 1.29 is 5.11 Å². The molecule has 1 fully saturated rings. The number of nitrogens with two attached hydrogens (primary N) is 1. The van der Waals surface area contributed by atoms with Gasteiger partial charge in [0.15, 0.2) is 0 Å². The van der Waals surface area contributed by atoms with Gasteiger partial charge in [-0.25, -0.2) is 0 Å². The fourth-order valence-electron chi connectivity index (χ4n) is 2.05. The Morgan fingerprint density at radius 3 is 2.92 bits per heavy atom. The van der Waals surface area contributed by atoms with Gasteiger partial charge in [-0.3, -0.25) is 0 Å². The van der Waals surface area contributed by atoms with Crippen molar-refractivity contribution >= 4 is 0 Å². The summed E-state index contributed by atoms with van der Waals surface area (Å²) >= 11 is 0. The molecule has 0 aromatic carbocycles. The first-order valence-electron chi connectivity index (χ1n) is 5.36. The number of nitrogens with zero attached hydrogens (tertiary/aromatic N) is 1. The van der Waals surface area contributed by atoms with E-state index in [0.29, 0.717) is 18.6 Å². The molecule has 0 aromatic rings. The number of hydrogen-bond acceptors (Lipinski definition) is 3. The SMILES string of the molecule is CCC1CN(CCCO)CCC1N. The van der Waals surface area contributed by atoms with Crippen molar-refractivity contribution in [3.05, 3.63) is 0 Å². The Kier molecular flexibility index (Phi) is 4.70. The quantitative estimate of drug-likeness (QED) is 0.669. The van der Waals surface area contributed by atoms with E-state index in [1.807, 2.05) is 0 Å². The van der Waals surface area contributed by atoms with Gasteiger partial charge >= 0.3 is 0 Å². The van der Waals surface area contributed by atoms with Crippen LogP contribution in [-0.2, 0) is 0 Å². The molecule has 3 heteroatoms. The molecule has 1 heterocycles. The summed E-state index contributed by atoms with van der Waals surface area (Å²) in [6.07, 6.45) is 3.19. The third kappa shape index (κ3) is 3.25. The lowest BCUT2D eigenvalue weighted by molar-refractivity contribution is 0.140. The number of aliphatic hydroxyl groups excluding tert-OH is 1. The molecule has 1 aliphatic heterocycles. The second-order valence-corrected chi connectivity index (χ2v) is 4.00. The van der Waals surface area contributed by atoms with E-state index >= 15 is 0 Å². The number of aliphatic hydroxyl groups is 1. The van der Waals surface area contributed by atoms with E-state index in [1.165, 1.54) is 6.42 Å². The van der Waals surface area contributed by atoms with Crippen LogP contribution < -0.4 is 5.73 Å². The number of hydrogen-bond donors (Lipinski definition) is 2. The third-order valence-corrected chi connectivity index (χ3v) is 3.03. The van der Waals surface area contributed by atoms with Gasteiger partial charge in [-0.2, -0.15) is 0 Å². The van der Waals surface area contributed by atoms with Gasteiger partial charge in [0.05, 0.1) is 0 Å². The van der Waals surface area contributed by atoms with Crippen molar-refractivity contribution in [2.75, 3.05) is 26.2 Å². The number of likely N-dealkylation sites (tertiary alicyclic amines) is 1. The number of piperidine rings is 1. The summed E-state index contributed by atoms with van der Waals surface area (Å²) in [5, 5.41) is 8.72. The maximum Gasteiger partial charge on any atom is 0.0443 e. The van der Waals surface area contributed by atoms with Gasteiger partial charge in [-0.05, 0) is 25.3 Å². The minimum absolute atomic E-state index is 0.305. The summed E-state index contributed by atoms with van der Waals surface area (Å²) in [6, 6.07) is 0.398. The second-order valence-electron chi connectivity index (χ2n) is 4.00. The monoisotopic (exact) mass is 186 g/mol. The maximum absolute atomic E-state index is 8.72. The van der Waals surface area contributed by atoms with Gasteiger partial charge in [-0.15, -0.1) is 0 Å². The number of rotatable bonds is 4. The van der Waals surface area contributed by atoms with Crippen LogP contribution in [0.15, 0.2) is 0 Å². The zero-order valence-corrected chi connectivity index (χ0v) is 8.58. The van der Waals surface area contributed by atoms with Crippen molar-refractivity contribution in [1.82, 2.24) is 4.90 Å². The molecule has 1 saturated heterocycles. The van der Waals surface area contributed by atoms with Crippen molar-refractivity contribution in [3.8, 4) is 0 Å². The molecule has 0 saturated carbocycles. The third-order valence-electron chi connectivity index (χ3n) is 3.03. The lowest BCUT2D eigenvalue weighted by Gasteiger charge is -2.36. The predicted octanol–water partition coefficient (Wildman–Crippen LogP) is 0.428. The van der Waals surface area contributed by atoms with E-state index in [1.54, 1.807) is 0 Å². The molecular formula is C10H22N2O. The molecule has 0 amide bonds. The highest BCUT2D eigenvalue weighted by molar-refractivity contribution is 4.81. The van der Waals surface area contributed by atoms with Gasteiger partial charge < -0.3 is 15.7 Å². The van der Waals surface area contributed by atoms with Crippen LogP contribution in [0.1, 0.15) is 26.2 Å². The first-order chi connectivity index (χ1) is 6.27. The van der Waals surface area contributed by atoms with Gasteiger partial charge in [0.1, 0.15) is 0 Å². The molecule has 0 aliphatic carbocycles. The average Bonchev–Trinajstić information content (AvgIpc) is 2.16. The minimum atomic E-state index is 0.305. The van der Waals surface area contributed by atoms with E-state index in [-0.39, 0.29) is 0 Å². The minimum Gasteiger partial charge on any atom is -0.396 e. The molecule has 13 heavy (non-hydrogen) atoms. The normalized spacial score (nSPS) is 30.7. The topological polar surface area (TPSA) is 49.5 Å². The highest BCUT2D eigenvalue weighted by atomic mass is 16.3. The van der Waals surface area contributed by atoms with E-state index in [4.69, 9.17) is 10.8 Å². The van der Waals surface area contributed by atoms with Crippen LogP contribution >= 0.6 is 0 Å². The predicted molar refractivity (Wildman–Crippen MR) is 54.5 cm³/mol. The summed E-state index contributed by atoms with van der Waals surface area (Å²) in [5.74, 6) is 0.660. The van der Waals surface area contributed by atoms with Crippen LogP contribution in [0, 0.1) is 5.92 Å². The molecule has 1 aliphatic rings. The summed E-state index contributed by atoms with van der Waals surface area (Å²) < 4.78 is 0. The van der Waals surface area contributed by atoms with Crippen LogP contribution in [0.4, 0.5) is 0 Å². The zero-order valence-electron chi connectivity index (χ0n) is 8.58. The Bertz CT molecular complexity index is 139. The van der Waals surface area contributed by atoms with Gasteiger partial charge in [-0.1, -0.05) is 13.3 Å². The summed E-state index contributed by atoms with van der Waals surface area (Å²) in [7, 11) is 0. The van der Waals surface area contributed by atoms with Gasteiger partial charge in [0.2, 0.25) is 0 Å². The Balaban J connectivity index is 2.27. The molecule has 0 radical (unpaired) electrons. The largest absolute Gasteiger partial charge is 0.396 e. The molecule has 1 rings (SSSR count). The van der Waals surface area contributed by atoms with Crippen LogP contribution in [0.2, 0.25) is 0 Å². The lowest BCUT2D eigenvalue weighted by atomic mass is 9.91. The van der Waals surface area contributed by atoms with E-state index in [9.17, 15) is 0 Å². The molecular weight excluding hydrogens is 164 g/mol. The van der Waals surface area contributed by atoms with E-state index < -0.39 is 0 Å². The fraction of sp³-hybridized carbons (Fsp3) is 1.00. The Morgan fingerprint density at radius 2 is 2.31 bits per heavy atom. The Morgan fingerprint density at radius 1 is 1.54 bits per heavy atom. The fourth-order valence-corrected chi connectivity index (χ4v) is 2.05. The van der Waals surface area contributed by atoms with Crippen molar-refractivity contribution in [3.63, 3.8) is 0 Å². The molecule has 2 atom stereocenters. The summed E-state index contributed by atoms with van der Waals surface area (Å²) in [5.41, 5.74) is 6.00. The lowest BCUT2D eigenvalue weighted by Crippen LogP contribution is -2.47. The molecule has 0 aromatic heterocycles. The van der Waals surface area contributed by atoms with Crippen LogP contribution in [0.25, 0.3) is 0 Å². The van der Waals surface area contributed by atoms with Crippen molar-refractivity contribution in [2.45, 2.75) is 32.2 Å². The standard InChI is InChI=1S/C10H22N2O/c1-2-9-8-12(5-3-7-13)6-4-10(9)11/h9-10,13H,2-8,11H2,1H3. The van der Waals surface area contributed by atoms with Crippen LogP contribution in [-0.4, -0.2) is 42.3 Å². The highest BCUT2D eigenvalue weighted by Crippen LogP contribution is 2.18. The summed E-state index contributed by atoms with van der Waals surface area (Å²) in [4.78, 5) is 2.42. The molecule has 3 N–H and O–H groups in total. The van der Waals surface area contributed by atoms with Gasteiger partial charge in [0.25, 0.3) is 0 Å². The zero-order chi connectivity index (χ0) is 9.68. The first kappa shape index (κ1) is 11.0. The van der Waals surface area contributed by atoms with Crippen molar-refractivity contribution in [1.29, 1.82) is 0 Å². The second kappa shape index (κ2) is 5.58. The van der Waals surface area contributed by atoms with Gasteiger partial charge in [0, 0.05) is 25.7 Å². The molecule has 0 bridgehead atoms. The highest BCUT2D eigenvalue weighted by Gasteiger charge is 2.24. The van der Waals surface area contributed by atoms with Crippen molar-refractivity contribution in [2.24, 2.45) is 11.7 Å². The van der Waals surface area contributed by atoms with E-state index in [2.05, 4.69) is 11.8 Å². The smallest absolute Gasteiger partial charge is 0.0443 e. The molecule has 0 spiro atoms. The molecule has 2 unspecified atom stereocenters. The summed E-state index contributed by atoms with van der Waals surface area (Å²) in [6.45, 7) is 5.77. The molecule has 3 nitrogen and oxygen atoms in total. The van der Waals surface area contributed by atoms with Crippen LogP contribution in [0.3, 0.4) is 0 Å². The van der Waals surface area contributed by atoms with E-state index in [0.717, 1.165) is 32.5 Å². The Hall–Kier alpha value is -0.120. The Labute approximate surface area is 80.9 Å². The maximum atomic E-state index is 8.72. The van der Waals surface area contributed by atoms with Crippen LogP contribution in [0.5, 0.6) is 0 Å².